The highest BCUT2D eigenvalue weighted by atomic mass is 16.6. The van der Waals surface area contributed by atoms with E-state index in [-0.39, 0.29) is 5.69 Å². The number of hydrogen-bond donors (Lipinski definition) is 1. The van der Waals surface area contributed by atoms with Crippen LogP contribution in [-0.2, 0) is 0 Å². The van der Waals surface area contributed by atoms with Crippen molar-refractivity contribution in [3.8, 4) is 0 Å². The maximum Gasteiger partial charge on any atom is 0.311 e. The van der Waals surface area contributed by atoms with Gasteiger partial charge in [0.2, 0.25) is 5.82 Å². The molecule has 1 atom stereocenters. The molecule has 94 valence electrons. The number of nitrogens with one attached hydrogen (secondary N) is 1. The van der Waals surface area contributed by atoms with Crippen LogP contribution >= 0.6 is 0 Å². The molecule has 0 spiro atoms. The van der Waals surface area contributed by atoms with E-state index in [1.807, 2.05) is 6.92 Å². The fourth-order valence-electron chi connectivity index (χ4n) is 1.32. The molecular formula is C12H19N3O2. The molecule has 0 aliphatic carbocycles. The molecule has 0 saturated carbocycles. The predicted octanol–water partition coefficient (Wildman–Crippen LogP) is 3.00. The first kappa shape index (κ1) is 13.4. The van der Waals surface area contributed by atoms with Crippen molar-refractivity contribution in [1.29, 1.82) is 0 Å². The lowest BCUT2D eigenvalue weighted by atomic mass is 9.98. The summed E-state index contributed by atoms with van der Waals surface area (Å²) in [5.74, 6) is 1.34. The van der Waals surface area contributed by atoms with Crippen molar-refractivity contribution in [2.45, 2.75) is 27.7 Å². The minimum Gasteiger partial charge on any atom is -0.364 e. The van der Waals surface area contributed by atoms with Gasteiger partial charge in [-0.15, -0.1) is 0 Å². The summed E-state index contributed by atoms with van der Waals surface area (Å²) in [7, 11) is 0. The molecule has 0 saturated heterocycles. The first-order valence-electron chi connectivity index (χ1n) is 5.77. The normalized spacial score (nSPS) is 12.5. The standard InChI is InChI=1S/C12H19N3O2/c1-8(2)9(3)7-13-12-11(15(16)17)6-5-10(4)14-12/h5-6,8-9H,7H2,1-4H3,(H,13,14). The average molecular weight is 237 g/mol. The molecule has 0 aromatic carbocycles. The smallest absolute Gasteiger partial charge is 0.311 e. The Hall–Kier alpha value is -1.65. The van der Waals surface area contributed by atoms with E-state index in [4.69, 9.17) is 0 Å². The number of aromatic nitrogens is 1. The second kappa shape index (κ2) is 5.61. The summed E-state index contributed by atoms with van der Waals surface area (Å²) in [6.07, 6.45) is 0. The molecule has 5 nitrogen and oxygen atoms in total. The summed E-state index contributed by atoms with van der Waals surface area (Å²) < 4.78 is 0. The van der Waals surface area contributed by atoms with Crippen LogP contribution in [0.1, 0.15) is 26.5 Å². The Bertz CT molecular complexity index is 405. The molecule has 0 amide bonds. The molecule has 1 rings (SSSR count). The summed E-state index contributed by atoms with van der Waals surface area (Å²) >= 11 is 0. The third kappa shape index (κ3) is 3.69. The summed E-state index contributed by atoms with van der Waals surface area (Å²) in [6.45, 7) is 8.88. The van der Waals surface area contributed by atoms with Crippen LogP contribution in [0.2, 0.25) is 0 Å². The van der Waals surface area contributed by atoms with Gasteiger partial charge in [0.25, 0.3) is 0 Å². The maximum atomic E-state index is 10.8. The molecule has 1 aromatic rings. The van der Waals surface area contributed by atoms with Crippen molar-refractivity contribution >= 4 is 11.5 Å². The van der Waals surface area contributed by atoms with E-state index in [1.165, 1.54) is 6.07 Å². The van der Waals surface area contributed by atoms with Gasteiger partial charge in [0.05, 0.1) is 4.92 Å². The molecule has 0 radical (unpaired) electrons. The minimum atomic E-state index is -0.408. The third-order valence-corrected chi connectivity index (χ3v) is 2.94. The van der Waals surface area contributed by atoms with E-state index >= 15 is 0 Å². The largest absolute Gasteiger partial charge is 0.364 e. The number of hydrogen-bond acceptors (Lipinski definition) is 4. The molecule has 0 fully saturated rings. The monoisotopic (exact) mass is 237 g/mol. The zero-order chi connectivity index (χ0) is 13.0. The number of anilines is 1. The number of nitrogens with zero attached hydrogens (tertiary/aromatic N) is 2. The van der Waals surface area contributed by atoms with Gasteiger partial charge < -0.3 is 5.32 Å². The second-order valence-corrected chi connectivity index (χ2v) is 4.68. The first-order valence-corrected chi connectivity index (χ1v) is 5.77. The van der Waals surface area contributed by atoms with Crippen LogP contribution in [-0.4, -0.2) is 16.5 Å². The van der Waals surface area contributed by atoms with Crippen LogP contribution in [0.15, 0.2) is 12.1 Å². The minimum absolute atomic E-state index is 0.0338. The van der Waals surface area contributed by atoms with E-state index < -0.39 is 4.92 Å². The van der Waals surface area contributed by atoms with Crippen LogP contribution in [0.5, 0.6) is 0 Å². The molecule has 1 N–H and O–H groups in total. The molecule has 5 heteroatoms. The highest BCUT2D eigenvalue weighted by Crippen LogP contribution is 2.22. The topological polar surface area (TPSA) is 68.1 Å². The van der Waals surface area contributed by atoms with Crippen LogP contribution in [0.25, 0.3) is 0 Å². The van der Waals surface area contributed by atoms with E-state index in [2.05, 4.69) is 31.1 Å². The van der Waals surface area contributed by atoms with Crippen molar-refractivity contribution in [3.05, 3.63) is 27.9 Å². The van der Waals surface area contributed by atoms with Crippen molar-refractivity contribution in [2.24, 2.45) is 11.8 Å². The van der Waals surface area contributed by atoms with Crippen LogP contribution in [0, 0.1) is 28.9 Å². The van der Waals surface area contributed by atoms with Crippen LogP contribution < -0.4 is 5.32 Å². The van der Waals surface area contributed by atoms with Crippen molar-refractivity contribution in [3.63, 3.8) is 0 Å². The lowest BCUT2D eigenvalue weighted by Gasteiger charge is -2.16. The quantitative estimate of drug-likeness (QED) is 0.631. The average Bonchev–Trinajstić information content (AvgIpc) is 2.25. The van der Waals surface area contributed by atoms with E-state index in [1.54, 1.807) is 6.07 Å². The second-order valence-electron chi connectivity index (χ2n) is 4.68. The SMILES string of the molecule is Cc1ccc([N+](=O)[O-])c(NCC(C)C(C)C)n1. The highest BCUT2D eigenvalue weighted by molar-refractivity contribution is 5.56. The van der Waals surface area contributed by atoms with Gasteiger partial charge in [0, 0.05) is 18.3 Å². The predicted molar refractivity (Wildman–Crippen MR) is 68.1 cm³/mol. The number of pyridine rings is 1. The maximum absolute atomic E-state index is 10.8. The molecular weight excluding hydrogens is 218 g/mol. The summed E-state index contributed by atoms with van der Waals surface area (Å²) in [5, 5.41) is 13.9. The van der Waals surface area contributed by atoms with Gasteiger partial charge >= 0.3 is 5.69 Å². The zero-order valence-corrected chi connectivity index (χ0v) is 10.7. The molecule has 1 heterocycles. The van der Waals surface area contributed by atoms with E-state index in [0.29, 0.717) is 24.2 Å². The summed E-state index contributed by atoms with van der Waals surface area (Å²) in [5.41, 5.74) is 0.807. The van der Waals surface area contributed by atoms with Gasteiger partial charge in [-0.05, 0) is 24.8 Å². The van der Waals surface area contributed by atoms with Crippen molar-refractivity contribution < 1.29 is 4.92 Å². The first-order chi connectivity index (χ1) is 7.91. The Morgan fingerprint density at radius 2 is 2.06 bits per heavy atom. The lowest BCUT2D eigenvalue weighted by Crippen LogP contribution is -2.17. The Morgan fingerprint density at radius 1 is 1.41 bits per heavy atom. The summed E-state index contributed by atoms with van der Waals surface area (Å²) in [6, 6.07) is 3.14. The van der Waals surface area contributed by atoms with Gasteiger partial charge in [-0.1, -0.05) is 20.8 Å². The molecule has 0 aliphatic heterocycles. The van der Waals surface area contributed by atoms with E-state index in [9.17, 15) is 10.1 Å². The van der Waals surface area contributed by atoms with Gasteiger partial charge in [0.15, 0.2) is 0 Å². The molecule has 17 heavy (non-hydrogen) atoms. The third-order valence-electron chi connectivity index (χ3n) is 2.94. The highest BCUT2D eigenvalue weighted by Gasteiger charge is 2.16. The Kier molecular flexibility index (Phi) is 4.43. The fraction of sp³-hybridized carbons (Fsp3) is 0.583. The summed E-state index contributed by atoms with van der Waals surface area (Å²) in [4.78, 5) is 14.6. The van der Waals surface area contributed by atoms with E-state index in [0.717, 1.165) is 5.69 Å². The lowest BCUT2D eigenvalue weighted by molar-refractivity contribution is -0.384. The Balaban J connectivity index is 2.82. The molecule has 0 aliphatic rings. The number of rotatable bonds is 5. The fourth-order valence-corrected chi connectivity index (χ4v) is 1.32. The molecule has 0 bridgehead atoms. The van der Waals surface area contributed by atoms with Crippen LogP contribution in [0.4, 0.5) is 11.5 Å². The zero-order valence-electron chi connectivity index (χ0n) is 10.7. The van der Waals surface area contributed by atoms with Crippen molar-refractivity contribution in [2.75, 3.05) is 11.9 Å². The Labute approximate surface area is 101 Å². The van der Waals surface area contributed by atoms with Gasteiger partial charge in [-0.3, -0.25) is 10.1 Å². The van der Waals surface area contributed by atoms with Crippen LogP contribution in [0.3, 0.4) is 0 Å². The van der Waals surface area contributed by atoms with Gasteiger partial charge in [0.1, 0.15) is 0 Å². The molecule has 1 unspecified atom stereocenters. The Morgan fingerprint density at radius 3 is 2.59 bits per heavy atom. The van der Waals surface area contributed by atoms with Crippen molar-refractivity contribution in [1.82, 2.24) is 4.98 Å². The van der Waals surface area contributed by atoms with Gasteiger partial charge in [-0.2, -0.15) is 0 Å². The van der Waals surface area contributed by atoms with Gasteiger partial charge in [-0.25, -0.2) is 4.98 Å². The molecule has 1 aromatic heterocycles. The number of nitro groups is 1. The number of aryl methyl sites for hydroxylation is 1.